The van der Waals surface area contributed by atoms with Crippen LogP contribution in [0.3, 0.4) is 0 Å². The minimum Gasteiger partial charge on any atom is -0.398 e. The first-order valence-corrected chi connectivity index (χ1v) is 6.94. The van der Waals surface area contributed by atoms with Crippen LogP contribution in [0.25, 0.3) is 0 Å². The van der Waals surface area contributed by atoms with E-state index in [9.17, 15) is 14.9 Å². The molecular weight excluding hydrogens is 282 g/mol. The summed E-state index contributed by atoms with van der Waals surface area (Å²) in [6.45, 7) is 1.45. The number of anilines is 3. The molecule has 2 aromatic carbocycles. The number of nitro groups is 1. The molecule has 0 spiro atoms. The average molecular weight is 297 g/mol. The number of nitrogens with zero attached hydrogens (tertiary/aromatic N) is 2. The van der Waals surface area contributed by atoms with Gasteiger partial charge in [0.2, 0.25) is 5.91 Å². The summed E-state index contributed by atoms with van der Waals surface area (Å²) >= 11 is 0. The van der Waals surface area contributed by atoms with Gasteiger partial charge in [-0.3, -0.25) is 19.8 Å². The molecule has 0 aliphatic carbocycles. The highest BCUT2D eigenvalue weighted by Gasteiger charge is 2.27. The molecule has 6 nitrogen and oxygen atoms in total. The van der Waals surface area contributed by atoms with E-state index >= 15 is 0 Å². The SMILES string of the molecule is CC(=O)N1c2ccccc2CCc2c(N)cc([N+](=O)[O-])cc21. The first-order chi connectivity index (χ1) is 10.5. The maximum absolute atomic E-state index is 12.2. The molecule has 0 atom stereocenters. The van der Waals surface area contributed by atoms with Gasteiger partial charge >= 0.3 is 0 Å². The third-order valence-corrected chi connectivity index (χ3v) is 3.89. The molecule has 0 radical (unpaired) electrons. The van der Waals surface area contributed by atoms with Crippen molar-refractivity contribution in [3.05, 3.63) is 57.6 Å². The van der Waals surface area contributed by atoms with Crippen molar-refractivity contribution >= 4 is 28.7 Å². The van der Waals surface area contributed by atoms with Gasteiger partial charge in [0.05, 0.1) is 16.3 Å². The monoisotopic (exact) mass is 297 g/mol. The number of non-ortho nitro benzene ring substituents is 1. The Labute approximate surface area is 127 Å². The van der Waals surface area contributed by atoms with Crippen molar-refractivity contribution in [1.29, 1.82) is 0 Å². The number of amides is 1. The predicted octanol–water partition coefficient (Wildman–Crippen LogP) is 2.96. The van der Waals surface area contributed by atoms with E-state index in [2.05, 4.69) is 0 Å². The second-order valence-electron chi connectivity index (χ2n) is 5.27. The molecule has 0 bridgehead atoms. The van der Waals surface area contributed by atoms with Crippen LogP contribution in [0.15, 0.2) is 36.4 Å². The van der Waals surface area contributed by atoms with Gasteiger partial charge in [0.1, 0.15) is 0 Å². The van der Waals surface area contributed by atoms with E-state index in [0.29, 0.717) is 17.8 Å². The number of para-hydroxylation sites is 1. The lowest BCUT2D eigenvalue weighted by Gasteiger charge is -2.23. The van der Waals surface area contributed by atoms with Crippen LogP contribution in [0.4, 0.5) is 22.7 Å². The number of nitrogens with two attached hydrogens (primary N) is 1. The van der Waals surface area contributed by atoms with E-state index in [1.165, 1.54) is 24.0 Å². The fourth-order valence-corrected chi connectivity index (χ4v) is 2.91. The van der Waals surface area contributed by atoms with Crippen LogP contribution in [0, 0.1) is 10.1 Å². The summed E-state index contributed by atoms with van der Waals surface area (Å²) in [5, 5.41) is 11.1. The highest BCUT2D eigenvalue weighted by Crippen LogP contribution is 2.40. The molecule has 112 valence electrons. The molecule has 22 heavy (non-hydrogen) atoms. The highest BCUT2D eigenvalue weighted by molar-refractivity contribution is 6.02. The van der Waals surface area contributed by atoms with Crippen molar-refractivity contribution in [2.45, 2.75) is 19.8 Å². The number of hydrogen-bond acceptors (Lipinski definition) is 4. The summed E-state index contributed by atoms with van der Waals surface area (Å²) in [4.78, 5) is 24.3. The van der Waals surface area contributed by atoms with Crippen molar-refractivity contribution < 1.29 is 9.72 Å². The molecule has 0 saturated heterocycles. The lowest BCUT2D eigenvalue weighted by Crippen LogP contribution is -2.24. The van der Waals surface area contributed by atoms with Crippen molar-refractivity contribution in [3.63, 3.8) is 0 Å². The number of hydrogen-bond donors (Lipinski definition) is 1. The predicted molar refractivity (Wildman–Crippen MR) is 84.2 cm³/mol. The van der Waals surface area contributed by atoms with E-state index in [-0.39, 0.29) is 11.6 Å². The smallest absolute Gasteiger partial charge is 0.273 e. The number of carbonyl (C=O) groups is 1. The first kappa shape index (κ1) is 14.1. The molecule has 2 N–H and O–H groups in total. The summed E-state index contributed by atoms with van der Waals surface area (Å²) in [5.74, 6) is -0.199. The van der Waals surface area contributed by atoms with Gasteiger partial charge in [0.15, 0.2) is 0 Å². The molecule has 0 aromatic heterocycles. The maximum Gasteiger partial charge on any atom is 0.273 e. The largest absolute Gasteiger partial charge is 0.398 e. The van der Waals surface area contributed by atoms with Crippen LogP contribution in [-0.2, 0) is 17.6 Å². The Morgan fingerprint density at radius 2 is 1.95 bits per heavy atom. The molecule has 1 amide bonds. The van der Waals surface area contributed by atoms with Gasteiger partial charge in [-0.2, -0.15) is 0 Å². The molecule has 0 saturated carbocycles. The number of fused-ring (bicyclic) bond motifs is 2. The molecule has 6 heteroatoms. The Morgan fingerprint density at radius 1 is 1.23 bits per heavy atom. The summed E-state index contributed by atoms with van der Waals surface area (Å²) in [6, 6.07) is 10.4. The molecule has 2 aromatic rings. The quantitative estimate of drug-likeness (QED) is 0.498. The van der Waals surface area contributed by atoms with Crippen LogP contribution in [0.1, 0.15) is 18.1 Å². The molecule has 0 fully saturated rings. The number of rotatable bonds is 1. The summed E-state index contributed by atoms with van der Waals surface area (Å²) < 4.78 is 0. The van der Waals surface area contributed by atoms with Crippen LogP contribution in [-0.4, -0.2) is 10.8 Å². The van der Waals surface area contributed by atoms with Gasteiger partial charge in [0.25, 0.3) is 5.69 Å². The molecule has 1 aliphatic rings. The lowest BCUT2D eigenvalue weighted by molar-refractivity contribution is -0.384. The highest BCUT2D eigenvalue weighted by atomic mass is 16.6. The third kappa shape index (κ3) is 2.18. The van der Waals surface area contributed by atoms with Crippen molar-refractivity contribution in [2.24, 2.45) is 0 Å². The molecular formula is C16H15N3O3. The third-order valence-electron chi connectivity index (χ3n) is 3.89. The zero-order valence-corrected chi connectivity index (χ0v) is 12.1. The molecule has 1 heterocycles. The summed E-state index contributed by atoms with van der Waals surface area (Å²) in [7, 11) is 0. The van der Waals surface area contributed by atoms with Gasteiger partial charge in [-0.1, -0.05) is 18.2 Å². The minimum atomic E-state index is -0.494. The first-order valence-electron chi connectivity index (χ1n) is 6.94. The maximum atomic E-state index is 12.2. The van der Waals surface area contributed by atoms with E-state index in [0.717, 1.165) is 23.2 Å². The van der Waals surface area contributed by atoms with E-state index in [4.69, 9.17) is 5.73 Å². The zero-order valence-electron chi connectivity index (χ0n) is 12.1. The summed E-state index contributed by atoms with van der Waals surface area (Å²) in [5.41, 5.74) is 9.31. The fraction of sp³-hybridized carbons (Fsp3) is 0.188. The normalized spacial score (nSPS) is 13.0. The van der Waals surface area contributed by atoms with Crippen molar-refractivity contribution in [2.75, 3.05) is 10.6 Å². The Balaban J connectivity index is 2.30. The second kappa shape index (κ2) is 5.14. The van der Waals surface area contributed by atoms with Crippen molar-refractivity contribution in [1.82, 2.24) is 0 Å². The van der Waals surface area contributed by atoms with Gasteiger partial charge in [0, 0.05) is 30.3 Å². The van der Waals surface area contributed by atoms with E-state index in [1.807, 2.05) is 24.3 Å². The number of nitrogen functional groups attached to an aromatic ring is 1. The molecule has 3 rings (SSSR count). The minimum absolute atomic E-state index is 0.109. The van der Waals surface area contributed by atoms with E-state index < -0.39 is 4.92 Å². The number of carbonyl (C=O) groups excluding carboxylic acids is 1. The fourth-order valence-electron chi connectivity index (χ4n) is 2.91. The Kier molecular flexibility index (Phi) is 3.29. The number of aryl methyl sites for hydroxylation is 1. The standard InChI is InChI=1S/C16H15N3O3/c1-10(20)18-15-5-3-2-4-11(15)6-7-13-14(17)8-12(19(21)22)9-16(13)18/h2-5,8-9H,6-7,17H2,1H3. The van der Waals surface area contributed by atoms with Gasteiger partial charge in [-0.05, 0) is 24.5 Å². The van der Waals surface area contributed by atoms with Crippen LogP contribution >= 0.6 is 0 Å². The van der Waals surface area contributed by atoms with Gasteiger partial charge in [-0.25, -0.2) is 0 Å². The topological polar surface area (TPSA) is 89.5 Å². The number of nitro benzene ring substituents is 1. The average Bonchev–Trinajstić information content (AvgIpc) is 2.63. The Morgan fingerprint density at radius 3 is 2.64 bits per heavy atom. The van der Waals surface area contributed by atoms with Crippen molar-refractivity contribution in [3.8, 4) is 0 Å². The van der Waals surface area contributed by atoms with E-state index in [1.54, 1.807) is 0 Å². The second-order valence-corrected chi connectivity index (χ2v) is 5.27. The van der Waals surface area contributed by atoms with Gasteiger partial charge in [-0.15, -0.1) is 0 Å². The lowest BCUT2D eigenvalue weighted by atomic mass is 10.0. The van der Waals surface area contributed by atoms with Gasteiger partial charge < -0.3 is 5.73 Å². The zero-order chi connectivity index (χ0) is 15.9. The molecule has 0 unspecified atom stereocenters. The van der Waals surface area contributed by atoms with Crippen LogP contribution < -0.4 is 10.6 Å². The number of benzene rings is 2. The Hall–Kier alpha value is -2.89. The van der Waals surface area contributed by atoms with Crippen LogP contribution in [0.2, 0.25) is 0 Å². The Bertz CT molecular complexity index is 786. The van der Waals surface area contributed by atoms with Crippen LogP contribution in [0.5, 0.6) is 0 Å². The summed E-state index contributed by atoms with van der Waals surface area (Å²) in [6.07, 6.45) is 1.37. The molecule has 1 aliphatic heterocycles.